The number of imidazole rings is 1. The highest BCUT2D eigenvalue weighted by atomic mass is 16.4. The standard InChI is InChI=1S/C16H14N2O3/c19-16(20)12-3-4-13-14(7-12)18(8-10-5-6-21-9-10)15(17-13)11-1-2-11/h3-7,9,11H,1-2,8H2,(H,19,20). The Balaban J connectivity index is 1.88. The van der Waals surface area contributed by atoms with Gasteiger partial charge in [-0.2, -0.15) is 0 Å². The second kappa shape index (κ2) is 4.48. The molecule has 1 fully saturated rings. The minimum absolute atomic E-state index is 0.290. The first-order valence-corrected chi connectivity index (χ1v) is 6.97. The Labute approximate surface area is 120 Å². The lowest BCUT2D eigenvalue weighted by molar-refractivity contribution is 0.0697. The highest BCUT2D eigenvalue weighted by Gasteiger charge is 2.29. The van der Waals surface area contributed by atoms with Crippen LogP contribution in [0.25, 0.3) is 11.0 Å². The molecule has 5 heteroatoms. The van der Waals surface area contributed by atoms with Gasteiger partial charge in [0.25, 0.3) is 0 Å². The van der Waals surface area contributed by atoms with E-state index in [0.29, 0.717) is 12.5 Å². The zero-order valence-corrected chi connectivity index (χ0v) is 11.3. The molecule has 4 rings (SSSR count). The summed E-state index contributed by atoms with van der Waals surface area (Å²) in [5, 5.41) is 9.18. The van der Waals surface area contributed by atoms with Crippen molar-refractivity contribution >= 4 is 17.0 Å². The molecular formula is C16H14N2O3. The lowest BCUT2D eigenvalue weighted by Crippen LogP contribution is -2.04. The van der Waals surface area contributed by atoms with E-state index in [9.17, 15) is 9.90 Å². The molecule has 106 valence electrons. The van der Waals surface area contributed by atoms with E-state index in [-0.39, 0.29) is 5.56 Å². The average Bonchev–Trinajstić information content (AvgIpc) is 3.07. The van der Waals surface area contributed by atoms with Gasteiger partial charge in [-0.05, 0) is 37.1 Å². The van der Waals surface area contributed by atoms with Crippen molar-refractivity contribution in [3.05, 3.63) is 53.7 Å². The molecule has 3 aromatic rings. The maximum absolute atomic E-state index is 11.2. The van der Waals surface area contributed by atoms with Crippen LogP contribution in [0, 0.1) is 0 Å². The molecule has 1 aliphatic rings. The van der Waals surface area contributed by atoms with Gasteiger partial charge in [0.15, 0.2) is 0 Å². The lowest BCUT2D eigenvalue weighted by atomic mass is 10.2. The van der Waals surface area contributed by atoms with E-state index in [0.717, 1.165) is 35.3 Å². The van der Waals surface area contributed by atoms with Gasteiger partial charge < -0.3 is 14.1 Å². The van der Waals surface area contributed by atoms with E-state index in [1.54, 1.807) is 30.7 Å². The molecule has 2 heterocycles. The van der Waals surface area contributed by atoms with Crippen LogP contribution in [-0.4, -0.2) is 20.6 Å². The smallest absolute Gasteiger partial charge is 0.335 e. The zero-order valence-electron chi connectivity index (χ0n) is 11.3. The SMILES string of the molecule is O=C(O)c1ccc2nc(C3CC3)n(Cc3ccoc3)c2c1. The van der Waals surface area contributed by atoms with Crippen LogP contribution >= 0.6 is 0 Å². The van der Waals surface area contributed by atoms with Gasteiger partial charge in [0, 0.05) is 11.5 Å². The van der Waals surface area contributed by atoms with Crippen molar-refractivity contribution in [2.75, 3.05) is 0 Å². The molecule has 0 radical (unpaired) electrons. The third-order valence-electron chi connectivity index (χ3n) is 3.89. The van der Waals surface area contributed by atoms with Crippen LogP contribution in [0.3, 0.4) is 0 Å². The Morgan fingerprint density at radius 2 is 2.24 bits per heavy atom. The van der Waals surface area contributed by atoms with Crippen LogP contribution in [0.5, 0.6) is 0 Å². The van der Waals surface area contributed by atoms with Crippen molar-refractivity contribution in [1.29, 1.82) is 0 Å². The van der Waals surface area contributed by atoms with Crippen LogP contribution in [0.1, 0.15) is 40.5 Å². The predicted molar refractivity (Wildman–Crippen MR) is 76.5 cm³/mol. The van der Waals surface area contributed by atoms with E-state index in [4.69, 9.17) is 9.40 Å². The maximum atomic E-state index is 11.2. The van der Waals surface area contributed by atoms with Gasteiger partial charge in [-0.1, -0.05) is 0 Å². The Morgan fingerprint density at radius 3 is 2.90 bits per heavy atom. The minimum atomic E-state index is -0.916. The summed E-state index contributed by atoms with van der Waals surface area (Å²) in [6.07, 6.45) is 5.67. The molecule has 0 aliphatic heterocycles. The normalized spacial score (nSPS) is 14.7. The van der Waals surface area contributed by atoms with Gasteiger partial charge in [-0.15, -0.1) is 0 Å². The number of furan rings is 1. The maximum Gasteiger partial charge on any atom is 0.335 e. The summed E-state index contributed by atoms with van der Waals surface area (Å²) < 4.78 is 7.24. The Morgan fingerprint density at radius 1 is 1.38 bits per heavy atom. The summed E-state index contributed by atoms with van der Waals surface area (Å²) >= 11 is 0. The molecular weight excluding hydrogens is 268 g/mol. The molecule has 1 saturated carbocycles. The first-order valence-electron chi connectivity index (χ1n) is 6.97. The van der Waals surface area contributed by atoms with E-state index < -0.39 is 5.97 Å². The topological polar surface area (TPSA) is 68.3 Å². The van der Waals surface area contributed by atoms with Crippen LogP contribution in [0.2, 0.25) is 0 Å². The Hall–Kier alpha value is -2.56. The molecule has 0 spiro atoms. The summed E-state index contributed by atoms with van der Waals surface area (Å²) in [4.78, 5) is 15.9. The molecule has 0 bridgehead atoms. The number of benzene rings is 1. The number of aromatic nitrogens is 2. The van der Waals surface area contributed by atoms with Crippen LogP contribution in [0.15, 0.2) is 41.2 Å². The van der Waals surface area contributed by atoms with Gasteiger partial charge in [0.2, 0.25) is 0 Å². The fourth-order valence-corrected chi connectivity index (χ4v) is 2.66. The molecule has 0 amide bonds. The molecule has 21 heavy (non-hydrogen) atoms. The van der Waals surface area contributed by atoms with Gasteiger partial charge in [0.1, 0.15) is 5.82 Å². The fourth-order valence-electron chi connectivity index (χ4n) is 2.66. The second-order valence-corrected chi connectivity index (χ2v) is 5.47. The molecule has 5 nitrogen and oxygen atoms in total. The number of rotatable bonds is 4. The van der Waals surface area contributed by atoms with Crippen molar-refractivity contribution in [3.8, 4) is 0 Å². The number of nitrogens with zero attached hydrogens (tertiary/aromatic N) is 2. The third kappa shape index (κ3) is 2.11. The predicted octanol–water partition coefficient (Wildman–Crippen LogP) is 3.25. The summed E-state index contributed by atoms with van der Waals surface area (Å²) in [5.74, 6) is 0.632. The van der Waals surface area contributed by atoms with Crippen molar-refractivity contribution in [1.82, 2.24) is 9.55 Å². The Bertz CT molecular complexity index is 814. The van der Waals surface area contributed by atoms with Crippen LogP contribution in [0.4, 0.5) is 0 Å². The number of hydrogen-bond acceptors (Lipinski definition) is 3. The number of carbonyl (C=O) groups is 1. The zero-order chi connectivity index (χ0) is 14.4. The molecule has 0 atom stereocenters. The number of aromatic carboxylic acids is 1. The van der Waals surface area contributed by atoms with E-state index in [1.807, 2.05) is 6.07 Å². The molecule has 1 N–H and O–H groups in total. The van der Waals surface area contributed by atoms with Crippen LogP contribution < -0.4 is 0 Å². The molecule has 1 aromatic carbocycles. The molecule has 1 aliphatic carbocycles. The molecule has 0 saturated heterocycles. The van der Waals surface area contributed by atoms with E-state index in [1.165, 1.54) is 0 Å². The fraction of sp³-hybridized carbons (Fsp3) is 0.250. The van der Waals surface area contributed by atoms with Gasteiger partial charge in [-0.3, -0.25) is 0 Å². The van der Waals surface area contributed by atoms with Crippen molar-refractivity contribution in [3.63, 3.8) is 0 Å². The monoisotopic (exact) mass is 282 g/mol. The van der Waals surface area contributed by atoms with Crippen molar-refractivity contribution in [2.45, 2.75) is 25.3 Å². The van der Waals surface area contributed by atoms with E-state index in [2.05, 4.69) is 4.57 Å². The number of carboxylic acid groups (broad SMARTS) is 1. The van der Waals surface area contributed by atoms with Gasteiger partial charge >= 0.3 is 5.97 Å². The van der Waals surface area contributed by atoms with Gasteiger partial charge in [0.05, 0.1) is 35.7 Å². The highest BCUT2D eigenvalue weighted by Crippen LogP contribution is 2.41. The average molecular weight is 282 g/mol. The van der Waals surface area contributed by atoms with E-state index >= 15 is 0 Å². The number of carboxylic acids is 1. The molecule has 2 aromatic heterocycles. The summed E-state index contributed by atoms with van der Waals surface area (Å²) in [7, 11) is 0. The first kappa shape index (κ1) is 12.2. The summed E-state index contributed by atoms with van der Waals surface area (Å²) in [6, 6.07) is 7.02. The highest BCUT2D eigenvalue weighted by molar-refractivity contribution is 5.92. The van der Waals surface area contributed by atoms with Crippen molar-refractivity contribution < 1.29 is 14.3 Å². The third-order valence-corrected chi connectivity index (χ3v) is 3.89. The summed E-state index contributed by atoms with van der Waals surface area (Å²) in [5.41, 5.74) is 3.07. The summed E-state index contributed by atoms with van der Waals surface area (Å²) in [6.45, 7) is 0.655. The van der Waals surface area contributed by atoms with Gasteiger partial charge in [-0.25, -0.2) is 9.78 Å². The van der Waals surface area contributed by atoms with Crippen LogP contribution in [-0.2, 0) is 6.54 Å². The lowest BCUT2D eigenvalue weighted by Gasteiger charge is -2.07. The first-order chi connectivity index (χ1) is 10.2. The second-order valence-electron chi connectivity index (χ2n) is 5.47. The number of hydrogen-bond donors (Lipinski definition) is 1. The quantitative estimate of drug-likeness (QED) is 0.797. The molecule has 0 unspecified atom stereocenters. The van der Waals surface area contributed by atoms with Crippen molar-refractivity contribution in [2.24, 2.45) is 0 Å². The Kier molecular flexibility index (Phi) is 2.60. The largest absolute Gasteiger partial charge is 0.478 e. The minimum Gasteiger partial charge on any atom is -0.478 e. The number of fused-ring (bicyclic) bond motifs is 1.